The van der Waals surface area contributed by atoms with Gasteiger partial charge in [-0.2, -0.15) is 5.10 Å². The molecular weight excluding hydrogens is 658 g/mol. The summed E-state index contributed by atoms with van der Waals surface area (Å²) in [5.41, 5.74) is 3.91. The van der Waals surface area contributed by atoms with E-state index in [0.717, 1.165) is 41.3 Å². The number of carbonyl (C=O) groups is 2. The van der Waals surface area contributed by atoms with Crippen LogP contribution in [-0.2, 0) is 38.6 Å². The van der Waals surface area contributed by atoms with Crippen LogP contribution in [0.3, 0.4) is 0 Å². The van der Waals surface area contributed by atoms with Gasteiger partial charge in [-0.25, -0.2) is 19.4 Å². The second kappa shape index (κ2) is 17.1. The monoisotopic (exact) mass is 697 g/mol. The molecule has 1 N–H and O–H groups in total. The minimum absolute atomic E-state index is 0.120. The number of fused-ring (bicyclic) bond motifs is 1. The molecule has 0 saturated carbocycles. The number of benzene rings is 3. The number of aromatic nitrogens is 4. The summed E-state index contributed by atoms with van der Waals surface area (Å²) in [6.45, 7) is 3.08. The SMILES string of the molecule is C[C@H](CCNC(=O)OCc1ccccc1)Oc1ccc2c(c1)c(-c1cc(Cl)nc(COC(=O)CCc3ccccc3)n1)nn2C1CCCCO1. The van der Waals surface area contributed by atoms with Gasteiger partial charge >= 0.3 is 12.1 Å². The van der Waals surface area contributed by atoms with Crippen LogP contribution >= 0.6 is 11.6 Å². The number of alkyl carbamates (subject to hydrolysis) is 1. The number of nitrogens with zero attached hydrogens (tertiary/aromatic N) is 4. The number of aryl methyl sites for hydroxylation is 1. The van der Waals surface area contributed by atoms with Gasteiger partial charge in [-0.3, -0.25) is 4.79 Å². The van der Waals surface area contributed by atoms with Crippen molar-refractivity contribution >= 4 is 34.6 Å². The molecule has 1 saturated heterocycles. The Balaban J connectivity index is 1.14. The Bertz CT molecular complexity index is 1880. The highest BCUT2D eigenvalue weighted by molar-refractivity contribution is 6.29. The molecule has 1 aliphatic rings. The molecule has 5 aromatic rings. The van der Waals surface area contributed by atoms with Gasteiger partial charge in [0, 0.05) is 37.4 Å². The van der Waals surface area contributed by atoms with Gasteiger partial charge in [0.25, 0.3) is 0 Å². The Morgan fingerprint density at radius 2 is 1.74 bits per heavy atom. The molecule has 1 amide bonds. The third kappa shape index (κ3) is 9.58. The molecule has 260 valence electrons. The number of nitrogens with one attached hydrogen (secondary N) is 1. The zero-order valence-corrected chi connectivity index (χ0v) is 28.7. The maximum absolute atomic E-state index is 12.5. The van der Waals surface area contributed by atoms with E-state index in [9.17, 15) is 9.59 Å². The van der Waals surface area contributed by atoms with Crippen LogP contribution in [0.2, 0.25) is 5.15 Å². The molecule has 12 heteroatoms. The minimum Gasteiger partial charge on any atom is -0.491 e. The molecule has 11 nitrogen and oxygen atoms in total. The van der Waals surface area contributed by atoms with Crippen LogP contribution in [0.5, 0.6) is 5.75 Å². The number of esters is 1. The number of rotatable bonds is 14. The van der Waals surface area contributed by atoms with E-state index in [1.54, 1.807) is 6.07 Å². The molecular formula is C38H40ClN5O6. The van der Waals surface area contributed by atoms with Crippen molar-refractivity contribution in [3.63, 3.8) is 0 Å². The summed E-state index contributed by atoms with van der Waals surface area (Å²) >= 11 is 6.47. The molecule has 1 aliphatic heterocycles. The van der Waals surface area contributed by atoms with Crippen LogP contribution < -0.4 is 10.1 Å². The van der Waals surface area contributed by atoms with Crippen LogP contribution in [0.1, 0.15) is 62.2 Å². The fourth-order valence-electron chi connectivity index (χ4n) is 5.72. The van der Waals surface area contributed by atoms with Crippen molar-refractivity contribution < 1.29 is 28.5 Å². The fraction of sp³-hybridized carbons (Fsp3) is 0.342. The van der Waals surface area contributed by atoms with Crippen LogP contribution in [0.15, 0.2) is 84.9 Å². The van der Waals surface area contributed by atoms with E-state index in [4.69, 9.17) is 40.6 Å². The zero-order chi connectivity index (χ0) is 34.7. The summed E-state index contributed by atoms with van der Waals surface area (Å²) in [6, 6.07) is 26.7. The number of halogens is 1. The number of carbonyl (C=O) groups excluding carboxylic acids is 2. The first-order valence-corrected chi connectivity index (χ1v) is 17.3. The van der Waals surface area contributed by atoms with E-state index in [1.165, 1.54) is 0 Å². The maximum Gasteiger partial charge on any atom is 0.407 e. The molecule has 1 unspecified atom stereocenters. The molecule has 3 aromatic carbocycles. The summed E-state index contributed by atoms with van der Waals surface area (Å²) in [5, 5.41) is 8.76. The maximum atomic E-state index is 12.5. The van der Waals surface area contributed by atoms with E-state index in [1.807, 2.05) is 90.5 Å². The van der Waals surface area contributed by atoms with Crippen molar-refractivity contribution in [1.29, 1.82) is 0 Å². The largest absolute Gasteiger partial charge is 0.491 e. The molecule has 1 fully saturated rings. The molecule has 0 aliphatic carbocycles. The lowest BCUT2D eigenvalue weighted by molar-refractivity contribution is -0.145. The van der Waals surface area contributed by atoms with Gasteiger partial charge in [0.1, 0.15) is 23.2 Å². The normalized spacial score (nSPS) is 15.0. The minimum atomic E-state index is -0.478. The smallest absolute Gasteiger partial charge is 0.407 e. The Kier molecular flexibility index (Phi) is 11.9. The van der Waals surface area contributed by atoms with Crippen LogP contribution in [0.4, 0.5) is 4.79 Å². The Hall–Kier alpha value is -5.00. The quantitative estimate of drug-likeness (QED) is 0.0922. The van der Waals surface area contributed by atoms with Gasteiger partial charge in [0.15, 0.2) is 18.7 Å². The summed E-state index contributed by atoms with van der Waals surface area (Å²) in [4.78, 5) is 33.7. The van der Waals surface area contributed by atoms with E-state index in [2.05, 4.69) is 10.3 Å². The predicted molar refractivity (Wildman–Crippen MR) is 189 cm³/mol. The van der Waals surface area contributed by atoms with Crippen molar-refractivity contribution in [3.05, 3.63) is 107 Å². The molecule has 3 heterocycles. The Labute approximate surface area is 295 Å². The van der Waals surface area contributed by atoms with E-state index < -0.39 is 6.09 Å². The number of amides is 1. The highest BCUT2D eigenvalue weighted by atomic mass is 35.5. The molecule has 6 rings (SSSR count). The second-order valence-corrected chi connectivity index (χ2v) is 12.5. The van der Waals surface area contributed by atoms with Gasteiger partial charge in [-0.05, 0) is 61.9 Å². The standard InChI is InChI=1S/C38H40ClN5O6/c1-26(19-20-40-38(46)49-24-28-12-6-3-7-13-28)50-29-16-17-32-30(22-29)37(43-44(32)35-14-8-9-21-47-35)31-23-33(39)42-34(41-31)25-48-36(45)18-15-27-10-4-2-5-11-27/h2-7,10-13,16-17,22-23,26,35H,8-9,14-15,18-21,24-25H2,1H3,(H,40,46)/t26-,35?/m1/s1. The van der Waals surface area contributed by atoms with Crippen LogP contribution in [0, 0.1) is 0 Å². The Morgan fingerprint density at radius 1 is 0.960 bits per heavy atom. The predicted octanol–water partition coefficient (Wildman–Crippen LogP) is 7.61. The highest BCUT2D eigenvalue weighted by Gasteiger charge is 2.24. The average Bonchev–Trinajstić information content (AvgIpc) is 3.52. The molecule has 0 bridgehead atoms. The van der Waals surface area contributed by atoms with E-state index in [0.29, 0.717) is 43.1 Å². The number of ether oxygens (including phenoxy) is 4. The van der Waals surface area contributed by atoms with Crippen molar-refractivity contribution in [2.24, 2.45) is 0 Å². The second-order valence-electron chi connectivity index (χ2n) is 12.1. The lowest BCUT2D eigenvalue weighted by Crippen LogP contribution is -2.28. The summed E-state index contributed by atoms with van der Waals surface area (Å²) in [5.74, 6) is 0.557. The average molecular weight is 698 g/mol. The summed E-state index contributed by atoms with van der Waals surface area (Å²) < 4.78 is 25.1. The highest BCUT2D eigenvalue weighted by Crippen LogP contribution is 2.35. The van der Waals surface area contributed by atoms with Gasteiger partial charge < -0.3 is 24.3 Å². The summed E-state index contributed by atoms with van der Waals surface area (Å²) in [6.07, 6.45) is 3.35. The first kappa shape index (κ1) is 34.8. The fourth-order valence-corrected chi connectivity index (χ4v) is 5.92. The lowest BCUT2D eigenvalue weighted by Gasteiger charge is -2.23. The molecule has 2 atom stereocenters. The van der Waals surface area contributed by atoms with Gasteiger partial charge in [-0.1, -0.05) is 72.3 Å². The van der Waals surface area contributed by atoms with Gasteiger partial charge in [-0.15, -0.1) is 0 Å². The van der Waals surface area contributed by atoms with Crippen molar-refractivity contribution in [1.82, 2.24) is 25.1 Å². The molecule has 0 spiro atoms. The first-order chi connectivity index (χ1) is 24.4. The molecule has 0 radical (unpaired) electrons. The topological polar surface area (TPSA) is 127 Å². The number of hydrogen-bond acceptors (Lipinski definition) is 9. The zero-order valence-electron chi connectivity index (χ0n) is 27.9. The Morgan fingerprint density at radius 3 is 2.50 bits per heavy atom. The lowest BCUT2D eigenvalue weighted by atomic mass is 10.1. The van der Waals surface area contributed by atoms with Crippen molar-refractivity contribution in [2.75, 3.05) is 13.2 Å². The third-order valence-electron chi connectivity index (χ3n) is 8.28. The van der Waals surface area contributed by atoms with E-state index in [-0.39, 0.29) is 48.9 Å². The van der Waals surface area contributed by atoms with Crippen LogP contribution in [-0.4, -0.2) is 51.1 Å². The molecule has 2 aromatic heterocycles. The summed E-state index contributed by atoms with van der Waals surface area (Å²) in [7, 11) is 0. The van der Waals surface area contributed by atoms with Crippen LogP contribution in [0.25, 0.3) is 22.3 Å². The first-order valence-electron chi connectivity index (χ1n) is 16.9. The van der Waals surface area contributed by atoms with Crippen molar-refractivity contribution in [3.8, 4) is 17.1 Å². The number of hydrogen-bond donors (Lipinski definition) is 1. The van der Waals surface area contributed by atoms with Gasteiger partial charge in [0.2, 0.25) is 0 Å². The van der Waals surface area contributed by atoms with Gasteiger partial charge in [0.05, 0.1) is 17.3 Å². The third-order valence-corrected chi connectivity index (χ3v) is 8.48. The van der Waals surface area contributed by atoms with E-state index >= 15 is 0 Å². The molecule has 50 heavy (non-hydrogen) atoms. The van der Waals surface area contributed by atoms with Crippen molar-refractivity contribution in [2.45, 2.75) is 71.0 Å².